The third-order valence-corrected chi connectivity index (χ3v) is 5.80. The quantitative estimate of drug-likeness (QED) is 0.866. The van der Waals surface area contributed by atoms with Gasteiger partial charge in [-0.15, -0.1) is 0 Å². The van der Waals surface area contributed by atoms with Crippen molar-refractivity contribution in [1.29, 1.82) is 0 Å². The molecule has 2 fully saturated rings. The Balaban J connectivity index is 1.32. The summed E-state index contributed by atoms with van der Waals surface area (Å²) >= 11 is 0. The van der Waals surface area contributed by atoms with Crippen LogP contribution in [0.25, 0.3) is 0 Å². The van der Waals surface area contributed by atoms with Crippen molar-refractivity contribution in [2.45, 2.75) is 31.6 Å². The van der Waals surface area contributed by atoms with E-state index in [9.17, 15) is 13.2 Å². The molecule has 0 bridgehead atoms. The molecule has 28 heavy (non-hydrogen) atoms. The summed E-state index contributed by atoms with van der Waals surface area (Å²) < 4.78 is 38.9. The summed E-state index contributed by atoms with van der Waals surface area (Å²) in [5.41, 5.74) is 1.23. The number of aromatic amines is 1. The zero-order valence-electron chi connectivity index (χ0n) is 15.8. The van der Waals surface area contributed by atoms with E-state index in [1.165, 1.54) is 25.0 Å². The fourth-order valence-corrected chi connectivity index (χ4v) is 4.31. The summed E-state index contributed by atoms with van der Waals surface area (Å²) in [5.74, 6) is 0. The minimum atomic E-state index is -4.29. The highest BCUT2D eigenvalue weighted by Crippen LogP contribution is 2.32. The lowest BCUT2D eigenvalue weighted by molar-refractivity contribution is -0.137. The third kappa shape index (κ3) is 4.50. The van der Waals surface area contributed by atoms with Crippen molar-refractivity contribution in [3.63, 3.8) is 0 Å². The van der Waals surface area contributed by atoms with Gasteiger partial charge in [-0.3, -0.25) is 14.9 Å². The van der Waals surface area contributed by atoms with Crippen molar-refractivity contribution in [2.24, 2.45) is 0 Å². The molecule has 4 rings (SSSR count). The van der Waals surface area contributed by atoms with Gasteiger partial charge in [-0.25, -0.2) is 0 Å². The molecule has 0 amide bonds. The molecular formula is C20H26F3N5. The Hall–Kier alpha value is -2.06. The van der Waals surface area contributed by atoms with E-state index in [4.69, 9.17) is 0 Å². The van der Waals surface area contributed by atoms with Crippen LogP contribution in [0, 0.1) is 0 Å². The highest BCUT2D eigenvalue weighted by atomic mass is 19.4. The molecule has 2 aromatic rings. The molecule has 0 saturated carbocycles. The van der Waals surface area contributed by atoms with Crippen LogP contribution >= 0.6 is 0 Å². The minimum Gasteiger partial charge on any atom is -0.369 e. The Labute approximate surface area is 163 Å². The number of halogens is 3. The summed E-state index contributed by atoms with van der Waals surface area (Å²) in [4.78, 5) is 7.03. The lowest BCUT2D eigenvalue weighted by Crippen LogP contribution is -2.55. The van der Waals surface area contributed by atoms with Gasteiger partial charge in [0.05, 0.1) is 5.56 Å². The molecule has 5 nitrogen and oxygen atoms in total. The van der Waals surface area contributed by atoms with E-state index >= 15 is 0 Å². The Morgan fingerprint density at radius 3 is 2.61 bits per heavy atom. The Kier molecular flexibility index (Phi) is 5.59. The maximum atomic E-state index is 13.0. The van der Waals surface area contributed by atoms with Crippen LogP contribution in [0.15, 0.2) is 36.5 Å². The average molecular weight is 393 g/mol. The first-order valence-corrected chi connectivity index (χ1v) is 9.86. The van der Waals surface area contributed by atoms with Gasteiger partial charge in [0.15, 0.2) is 0 Å². The first kappa shape index (κ1) is 19.3. The van der Waals surface area contributed by atoms with E-state index < -0.39 is 11.7 Å². The molecule has 3 heterocycles. The highest BCUT2D eigenvalue weighted by Gasteiger charge is 2.32. The van der Waals surface area contributed by atoms with Crippen LogP contribution in [0.2, 0.25) is 0 Å². The van der Waals surface area contributed by atoms with E-state index in [1.807, 2.05) is 6.07 Å². The predicted octanol–water partition coefficient (Wildman–Crippen LogP) is 3.22. The summed E-state index contributed by atoms with van der Waals surface area (Å²) in [7, 11) is 0. The number of H-pyrrole nitrogens is 1. The Morgan fingerprint density at radius 1 is 1.07 bits per heavy atom. The van der Waals surface area contributed by atoms with E-state index in [0.717, 1.165) is 57.6 Å². The van der Waals surface area contributed by atoms with Crippen LogP contribution in [0.1, 0.15) is 24.1 Å². The van der Waals surface area contributed by atoms with Gasteiger partial charge in [-0.05, 0) is 43.7 Å². The predicted molar refractivity (Wildman–Crippen MR) is 102 cm³/mol. The smallest absolute Gasteiger partial charge is 0.369 e. The first-order valence-electron chi connectivity index (χ1n) is 9.86. The molecule has 0 radical (unpaired) electrons. The van der Waals surface area contributed by atoms with Gasteiger partial charge < -0.3 is 4.90 Å². The summed E-state index contributed by atoms with van der Waals surface area (Å²) in [5, 5.41) is 7.04. The van der Waals surface area contributed by atoms with Gasteiger partial charge in [0.1, 0.15) is 0 Å². The lowest BCUT2D eigenvalue weighted by Gasteiger charge is -2.44. The molecule has 2 aliphatic rings. The molecule has 2 saturated heterocycles. The average Bonchev–Trinajstić information content (AvgIpc) is 3.21. The molecule has 1 atom stereocenters. The van der Waals surface area contributed by atoms with Crippen LogP contribution in [0.4, 0.5) is 18.9 Å². The highest BCUT2D eigenvalue weighted by molar-refractivity contribution is 5.49. The molecule has 1 N–H and O–H groups in total. The van der Waals surface area contributed by atoms with Gasteiger partial charge in [0, 0.05) is 62.9 Å². The van der Waals surface area contributed by atoms with E-state index in [1.54, 1.807) is 12.3 Å². The lowest BCUT2D eigenvalue weighted by atomic mass is 10.0. The Bertz CT molecular complexity index is 753. The number of piperazine rings is 1. The van der Waals surface area contributed by atoms with Gasteiger partial charge >= 0.3 is 6.18 Å². The van der Waals surface area contributed by atoms with Crippen molar-refractivity contribution in [1.82, 2.24) is 20.0 Å². The summed E-state index contributed by atoms with van der Waals surface area (Å²) in [6.07, 6.45) is -0.155. The molecule has 1 aromatic heterocycles. The van der Waals surface area contributed by atoms with Gasteiger partial charge in [0.2, 0.25) is 0 Å². The SMILES string of the molecule is FC(F)(F)c1cccc(N2CCN([C@H]3CCCN(Cc4ccn[nH]4)C3)CC2)c1. The molecule has 0 spiro atoms. The fourth-order valence-electron chi connectivity index (χ4n) is 4.31. The monoisotopic (exact) mass is 393 g/mol. The van der Waals surface area contributed by atoms with Gasteiger partial charge in [-0.1, -0.05) is 6.07 Å². The number of hydrogen-bond acceptors (Lipinski definition) is 4. The molecular weight excluding hydrogens is 367 g/mol. The van der Waals surface area contributed by atoms with Crippen LogP contribution in [0.3, 0.4) is 0 Å². The van der Waals surface area contributed by atoms with Crippen LogP contribution < -0.4 is 4.90 Å². The summed E-state index contributed by atoms with van der Waals surface area (Å²) in [6.45, 7) is 6.32. The van der Waals surface area contributed by atoms with E-state index in [-0.39, 0.29) is 0 Å². The van der Waals surface area contributed by atoms with Crippen molar-refractivity contribution < 1.29 is 13.2 Å². The number of piperidine rings is 1. The maximum absolute atomic E-state index is 13.0. The standard InChI is InChI=1S/C20H26F3N5/c21-20(22,23)16-3-1-4-18(13-16)27-9-11-28(12-10-27)19-5-2-8-26(15-19)14-17-6-7-24-25-17/h1,3-4,6-7,13,19H,2,5,8-12,14-15H2,(H,24,25)/t19-/m0/s1. The maximum Gasteiger partial charge on any atom is 0.416 e. The van der Waals surface area contributed by atoms with Crippen LogP contribution in [0.5, 0.6) is 0 Å². The molecule has 0 aliphatic carbocycles. The number of nitrogens with zero attached hydrogens (tertiary/aromatic N) is 4. The number of likely N-dealkylation sites (tertiary alicyclic amines) is 1. The van der Waals surface area contributed by atoms with Crippen LogP contribution in [-0.2, 0) is 12.7 Å². The van der Waals surface area contributed by atoms with Gasteiger partial charge in [-0.2, -0.15) is 18.3 Å². The molecule has 152 valence electrons. The topological polar surface area (TPSA) is 38.4 Å². The third-order valence-electron chi connectivity index (χ3n) is 5.80. The van der Waals surface area contributed by atoms with Crippen molar-refractivity contribution >= 4 is 5.69 Å². The largest absolute Gasteiger partial charge is 0.416 e. The molecule has 0 unspecified atom stereocenters. The number of alkyl halides is 3. The van der Waals surface area contributed by atoms with Gasteiger partial charge in [0.25, 0.3) is 0 Å². The zero-order valence-corrected chi connectivity index (χ0v) is 15.8. The second kappa shape index (κ2) is 8.13. The van der Waals surface area contributed by atoms with Crippen molar-refractivity contribution in [3.8, 4) is 0 Å². The first-order chi connectivity index (χ1) is 13.5. The number of rotatable bonds is 4. The number of hydrogen-bond donors (Lipinski definition) is 1. The van der Waals surface area contributed by atoms with Crippen molar-refractivity contribution in [2.75, 3.05) is 44.2 Å². The molecule has 1 aromatic carbocycles. The zero-order chi connectivity index (χ0) is 19.6. The number of benzene rings is 1. The second-order valence-electron chi connectivity index (χ2n) is 7.68. The van der Waals surface area contributed by atoms with E-state index in [2.05, 4.69) is 24.9 Å². The number of aromatic nitrogens is 2. The van der Waals surface area contributed by atoms with Crippen molar-refractivity contribution in [3.05, 3.63) is 47.8 Å². The second-order valence-corrected chi connectivity index (χ2v) is 7.68. The Morgan fingerprint density at radius 2 is 1.89 bits per heavy atom. The molecule has 2 aliphatic heterocycles. The van der Waals surface area contributed by atoms with E-state index in [0.29, 0.717) is 11.7 Å². The number of anilines is 1. The normalized spacial score (nSPS) is 22.5. The summed E-state index contributed by atoms with van der Waals surface area (Å²) in [6, 6.07) is 8.20. The number of nitrogens with one attached hydrogen (secondary N) is 1. The molecule has 8 heteroatoms. The fraction of sp³-hybridized carbons (Fsp3) is 0.550. The minimum absolute atomic E-state index is 0.514. The van der Waals surface area contributed by atoms with Crippen LogP contribution in [-0.4, -0.2) is 65.3 Å².